The standard InChI is InChI=1S/C24H21ClFN3O5S2/c25-17-5-3-16(4-6-17)23(31)28-11-13-29(14-12-28)24(32)22(27-21(30)20-2-1-15-35-20)36(33,34)19-9-7-18(26)8-10-19/h1-10,15,22H,11-14H2,(H,27,30)/t22-/m1/s1. The molecule has 36 heavy (non-hydrogen) atoms. The molecule has 0 bridgehead atoms. The number of halogens is 2. The number of thiophene rings is 1. The van der Waals surface area contributed by atoms with Crippen LogP contribution in [-0.4, -0.2) is 67.5 Å². The lowest BCUT2D eigenvalue weighted by molar-refractivity contribution is -0.132. The van der Waals surface area contributed by atoms with Gasteiger partial charge in [-0.2, -0.15) is 0 Å². The predicted molar refractivity (Wildman–Crippen MR) is 133 cm³/mol. The van der Waals surface area contributed by atoms with Crippen LogP contribution in [-0.2, 0) is 14.6 Å². The van der Waals surface area contributed by atoms with Crippen molar-refractivity contribution < 1.29 is 27.2 Å². The molecule has 3 amide bonds. The van der Waals surface area contributed by atoms with Crippen LogP contribution in [0.4, 0.5) is 4.39 Å². The van der Waals surface area contributed by atoms with Crippen LogP contribution in [0.5, 0.6) is 0 Å². The third kappa shape index (κ3) is 5.58. The SMILES string of the molecule is O=C(N[C@@H](C(=O)N1CCN(C(=O)c2ccc(Cl)cc2)CC1)S(=O)(=O)c1ccc(F)cc1)c1cccs1. The van der Waals surface area contributed by atoms with Gasteiger partial charge in [0, 0.05) is 36.8 Å². The van der Waals surface area contributed by atoms with Gasteiger partial charge < -0.3 is 15.1 Å². The molecule has 12 heteroatoms. The largest absolute Gasteiger partial charge is 0.336 e. The Morgan fingerprint density at radius 3 is 2.11 bits per heavy atom. The van der Waals surface area contributed by atoms with E-state index in [2.05, 4.69) is 5.32 Å². The summed E-state index contributed by atoms with van der Waals surface area (Å²) in [6, 6.07) is 13.6. The fourth-order valence-corrected chi connectivity index (χ4v) is 5.92. The van der Waals surface area contributed by atoms with Crippen LogP contribution >= 0.6 is 22.9 Å². The number of carbonyl (C=O) groups excluding carboxylic acids is 3. The Balaban J connectivity index is 1.53. The first-order valence-electron chi connectivity index (χ1n) is 10.8. The maximum absolute atomic E-state index is 13.4. The summed E-state index contributed by atoms with van der Waals surface area (Å²) >= 11 is 6.97. The van der Waals surface area contributed by atoms with Crippen LogP contribution in [0.25, 0.3) is 0 Å². The fourth-order valence-electron chi connectivity index (χ4n) is 3.70. The highest BCUT2D eigenvalue weighted by atomic mass is 35.5. The van der Waals surface area contributed by atoms with Gasteiger partial charge in [0.2, 0.25) is 15.2 Å². The first-order chi connectivity index (χ1) is 17.2. The van der Waals surface area contributed by atoms with Crippen molar-refractivity contribution in [3.63, 3.8) is 0 Å². The molecule has 188 valence electrons. The Morgan fingerprint density at radius 1 is 0.917 bits per heavy atom. The summed E-state index contributed by atoms with van der Waals surface area (Å²) in [4.78, 5) is 41.7. The van der Waals surface area contributed by atoms with E-state index in [1.807, 2.05) is 0 Å². The molecule has 8 nitrogen and oxygen atoms in total. The molecule has 1 aliphatic heterocycles. The second-order valence-electron chi connectivity index (χ2n) is 7.95. The number of carbonyl (C=O) groups is 3. The lowest BCUT2D eigenvalue weighted by atomic mass is 10.2. The monoisotopic (exact) mass is 549 g/mol. The van der Waals surface area contributed by atoms with Gasteiger partial charge in [0.15, 0.2) is 0 Å². The molecule has 3 aromatic rings. The normalized spacial score (nSPS) is 14.8. The van der Waals surface area contributed by atoms with Crippen molar-refractivity contribution in [2.45, 2.75) is 10.3 Å². The zero-order chi connectivity index (χ0) is 25.9. The quantitative estimate of drug-likeness (QED) is 0.476. The Bertz CT molecular complexity index is 1360. The molecule has 1 aromatic heterocycles. The molecular weight excluding hydrogens is 529 g/mol. The topological polar surface area (TPSA) is 104 Å². The molecule has 1 fully saturated rings. The van der Waals surface area contributed by atoms with Crippen molar-refractivity contribution in [3.05, 3.63) is 87.3 Å². The smallest absolute Gasteiger partial charge is 0.262 e. The van der Waals surface area contributed by atoms with E-state index in [0.717, 1.165) is 35.6 Å². The third-order valence-corrected chi connectivity index (χ3v) is 8.64. The molecule has 1 aliphatic rings. The van der Waals surface area contributed by atoms with Crippen LogP contribution < -0.4 is 5.32 Å². The highest BCUT2D eigenvalue weighted by Crippen LogP contribution is 2.20. The number of hydrogen-bond acceptors (Lipinski definition) is 6. The average molecular weight is 550 g/mol. The van der Waals surface area contributed by atoms with Crippen LogP contribution in [0.15, 0.2) is 70.9 Å². The number of rotatable bonds is 6. The summed E-state index contributed by atoms with van der Waals surface area (Å²) in [6.45, 7) is 0.496. The summed E-state index contributed by atoms with van der Waals surface area (Å²) in [6.07, 6.45) is 0. The van der Waals surface area contributed by atoms with E-state index in [1.165, 1.54) is 11.0 Å². The van der Waals surface area contributed by atoms with Crippen LogP contribution in [0.2, 0.25) is 5.02 Å². The van der Waals surface area contributed by atoms with E-state index in [9.17, 15) is 27.2 Å². The summed E-state index contributed by atoms with van der Waals surface area (Å²) < 4.78 is 40.1. The Hall–Kier alpha value is -3.28. The number of benzene rings is 2. The van der Waals surface area contributed by atoms with E-state index in [0.29, 0.717) is 10.6 Å². The fraction of sp³-hybridized carbons (Fsp3) is 0.208. The Kier molecular flexibility index (Phi) is 7.72. The van der Waals surface area contributed by atoms with Crippen molar-refractivity contribution >= 4 is 50.5 Å². The van der Waals surface area contributed by atoms with Crippen LogP contribution in [0.3, 0.4) is 0 Å². The molecule has 1 N–H and O–H groups in total. The van der Waals surface area contributed by atoms with E-state index in [-0.39, 0.29) is 41.9 Å². The van der Waals surface area contributed by atoms with E-state index >= 15 is 0 Å². The van der Waals surface area contributed by atoms with Gasteiger partial charge in [-0.05, 0) is 60.0 Å². The number of sulfone groups is 1. The Labute approximate surface area is 216 Å². The van der Waals surface area contributed by atoms with E-state index in [1.54, 1.807) is 40.6 Å². The zero-order valence-corrected chi connectivity index (χ0v) is 21.2. The molecule has 0 saturated carbocycles. The van der Waals surface area contributed by atoms with Crippen molar-refractivity contribution in [1.82, 2.24) is 15.1 Å². The molecule has 4 rings (SSSR count). The first-order valence-corrected chi connectivity index (χ1v) is 13.6. The van der Waals surface area contributed by atoms with Crippen molar-refractivity contribution in [2.24, 2.45) is 0 Å². The molecule has 1 saturated heterocycles. The predicted octanol–water partition coefficient (Wildman–Crippen LogP) is 3.06. The number of nitrogens with one attached hydrogen (secondary N) is 1. The van der Waals surface area contributed by atoms with Gasteiger partial charge >= 0.3 is 0 Å². The Morgan fingerprint density at radius 2 is 1.53 bits per heavy atom. The van der Waals surface area contributed by atoms with Gasteiger partial charge in [0.1, 0.15) is 5.82 Å². The summed E-state index contributed by atoms with van der Waals surface area (Å²) in [5.74, 6) is -2.42. The number of hydrogen-bond donors (Lipinski definition) is 1. The van der Waals surface area contributed by atoms with Gasteiger partial charge in [-0.3, -0.25) is 14.4 Å². The molecule has 1 atom stereocenters. The molecule has 2 heterocycles. The van der Waals surface area contributed by atoms with Gasteiger partial charge in [0.25, 0.3) is 17.7 Å². The molecule has 0 aliphatic carbocycles. The molecule has 0 unspecified atom stereocenters. The highest BCUT2D eigenvalue weighted by Gasteiger charge is 2.39. The molecular formula is C24H21ClFN3O5S2. The average Bonchev–Trinajstić information content (AvgIpc) is 3.42. The zero-order valence-electron chi connectivity index (χ0n) is 18.8. The minimum atomic E-state index is -4.41. The van der Waals surface area contributed by atoms with Gasteiger partial charge in [-0.15, -0.1) is 11.3 Å². The summed E-state index contributed by atoms with van der Waals surface area (Å²) in [5.41, 5.74) is 0.444. The maximum atomic E-state index is 13.4. The van der Waals surface area contributed by atoms with E-state index < -0.39 is 32.8 Å². The molecule has 0 spiro atoms. The van der Waals surface area contributed by atoms with Crippen molar-refractivity contribution in [1.29, 1.82) is 0 Å². The third-order valence-electron chi connectivity index (χ3n) is 5.65. The minimum Gasteiger partial charge on any atom is -0.336 e. The molecule has 2 aromatic carbocycles. The lowest BCUT2D eigenvalue weighted by Gasteiger charge is -2.36. The van der Waals surface area contributed by atoms with Gasteiger partial charge in [0.05, 0.1) is 9.77 Å². The summed E-state index contributed by atoms with van der Waals surface area (Å²) in [7, 11) is -4.41. The molecule has 0 radical (unpaired) electrons. The lowest BCUT2D eigenvalue weighted by Crippen LogP contribution is -2.57. The van der Waals surface area contributed by atoms with Crippen molar-refractivity contribution in [2.75, 3.05) is 26.2 Å². The number of amides is 3. The van der Waals surface area contributed by atoms with Gasteiger partial charge in [-0.25, -0.2) is 12.8 Å². The van der Waals surface area contributed by atoms with Crippen LogP contribution in [0.1, 0.15) is 20.0 Å². The maximum Gasteiger partial charge on any atom is 0.262 e. The van der Waals surface area contributed by atoms with Gasteiger partial charge in [-0.1, -0.05) is 17.7 Å². The summed E-state index contributed by atoms with van der Waals surface area (Å²) in [5, 5.41) is 2.57. The highest BCUT2D eigenvalue weighted by molar-refractivity contribution is 7.92. The second-order valence-corrected chi connectivity index (χ2v) is 11.4. The number of nitrogens with zero attached hydrogens (tertiary/aromatic N) is 2. The minimum absolute atomic E-state index is 0.0719. The number of piperazine rings is 1. The second kappa shape index (κ2) is 10.8. The first kappa shape index (κ1) is 25.8. The van der Waals surface area contributed by atoms with Crippen molar-refractivity contribution in [3.8, 4) is 0 Å². The van der Waals surface area contributed by atoms with E-state index in [4.69, 9.17) is 11.6 Å². The van der Waals surface area contributed by atoms with Crippen LogP contribution in [0, 0.1) is 5.82 Å².